The maximum atomic E-state index is 13.7. The van der Waals surface area contributed by atoms with Gasteiger partial charge in [0.25, 0.3) is 0 Å². The van der Waals surface area contributed by atoms with Crippen LogP contribution < -0.4 is 15.4 Å². The van der Waals surface area contributed by atoms with Crippen molar-refractivity contribution in [2.45, 2.75) is 78.4 Å². The van der Waals surface area contributed by atoms with Gasteiger partial charge in [-0.15, -0.1) is 0 Å². The number of methoxy groups -OCH3 is 1. The summed E-state index contributed by atoms with van der Waals surface area (Å²) in [5.41, 5.74) is 0.589. The van der Waals surface area contributed by atoms with Crippen LogP contribution in [0.2, 0.25) is 0 Å². The van der Waals surface area contributed by atoms with E-state index in [0.29, 0.717) is 18.6 Å². The number of nitrogens with zero attached hydrogens (tertiary/aromatic N) is 1. The van der Waals surface area contributed by atoms with E-state index in [1.165, 1.54) is 11.8 Å². The molecule has 1 aromatic carbocycles. The van der Waals surface area contributed by atoms with Crippen LogP contribution in [-0.2, 0) is 14.4 Å². The molecule has 0 bridgehead atoms. The molecule has 0 aliphatic heterocycles. The molecule has 0 spiro atoms. The topological polar surface area (TPSA) is 108 Å². The van der Waals surface area contributed by atoms with Crippen molar-refractivity contribution in [2.75, 3.05) is 21.2 Å². The lowest BCUT2D eigenvalue weighted by Crippen LogP contribution is -2.59. The number of rotatable bonds is 13. The molecule has 4 atom stereocenters. The van der Waals surface area contributed by atoms with Crippen LogP contribution in [-0.4, -0.2) is 67.1 Å². The smallest absolute Gasteiger partial charge is 0.331 e. The summed E-state index contributed by atoms with van der Waals surface area (Å²) in [6, 6.07) is 5.81. The van der Waals surface area contributed by atoms with Crippen LogP contribution in [0.3, 0.4) is 0 Å². The maximum absolute atomic E-state index is 13.7. The molecule has 8 heteroatoms. The minimum atomic E-state index is -1.02. The van der Waals surface area contributed by atoms with Crippen LogP contribution in [0.4, 0.5) is 0 Å². The molecule has 35 heavy (non-hydrogen) atoms. The zero-order valence-corrected chi connectivity index (χ0v) is 22.6. The predicted molar refractivity (Wildman–Crippen MR) is 139 cm³/mol. The zero-order chi connectivity index (χ0) is 26.9. The molecule has 0 aliphatic rings. The Hall–Kier alpha value is -2.87. The largest absolute Gasteiger partial charge is 0.497 e. The molecule has 196 valence electrons. The van der Waals surface area contributed by atoms with E-state index in [1.807, 2.05) is 58.9 Å². The van der Waals surface area contributed by atoms with E-state index in [2.05, 4.69) is 10.6 Å². The van der Waals surface area contributed by atoms with Crippen molar-refractivity contribution in [1.29, 1.82) is 0 Å². The molecule has 1 rings (SSSR count). The van der Waals surface area contributed by atoms with Crippen molar-refractivity contribution >= 4 is 17.8 Å². The molecule has 0 saturated carbocycles. The summed E-state index contributed by atoms with van der Waals surface area (Å²) in [5.74, 6) is -1.03. The molecule has 0 aromatic heterocycles. The lowest BCUT2D eigenvalue weighted by atomic mass is 9.80. The number of aliphatic carboxylic acids is 1. The molecular formula is C27H43N3O5. The normalized spacial score (nSPS) is 15.5. The number of likely N-dealkylation sites (N-methyl/N-ethyl adjacent to an activating group) is 2. The summed E-state index contributed by atoms with van der Waals surface area (Å²) >= 11 is 0. The van der Waals surface area contributed by atoms with Gasteiger partial charge < -0.3 is 25.4 Å². The number of hydrogen-bond donors (Lipinski definition) is 3. The zero-order valence-electron chi connectivity index (χ0n) is 22.6. The summed E-state index contributed by atoms with van der Waals surface area (Å²) < 4.78 is 5.32. The molecule has 2 amide bonds. The van der Waals surface area contributed by atoms with Gasteiger partial charge >= 0.3 is 5.97 Å². The third-order valence-corrected chi connectivity index (χ3v) is 6.98. The molecule has 8 nitrogen and oxygen atoms in total. The number of amides is 2. The van der Waals surface area contributed by atoms with E-state index < -0.39 is 29.5 Å². The van der Waals surface area contributed by atoms with Crippen LogP contribution in [0.15, 0.2) is 35.9 Å². The highest BCUT2D eigenvalue weighted by atomic mass is 16.5. The molecule has 0 aliphatic carbocycles. The van der Waals surface area contributed by atoms with Gasteiger partial charge in [0, 0.05) is 18.5 Å². The van der Waals surface area contributed by atoms with E-state index in [0.717, 1.165) is 5.56 Å². The third kappa shape index (κ3) is 7.82. The Morgan fingerprint density at radius 1 is 1.23 bits per heavy atom. The molecule has 3 unspecified atom stereocenters. The van der Waals surface area contributed by atoms with Crippen molar-refractivity contribution in [3.63, 3.8) is 0 Å². The highest BCUT2D eigenvalue weighted by Crippen LogP contribution is 2.28. The number of carbonyl (C=O) groups excluding carboxylic acids is 2. The number of nitrogens with one attached hydrogen (secondary N) is 2. The minimum absolute atomic E-state index is 0.175. The van der Waals surface area contributed by atoms with Crippen molar-refractivity contribution in [3.8, 4) is 5.75 Å². The van der Waals surface area contributed by atoms with Gasteiger partial charge in [0.05, 0.1) is 19.2 Å². The average molecular weight is 490 g/mol. The second kappa shape index (κ2) is 13.3. The second-order valence-electron chi connectivity index (χ2n) is 9.69. The fourth-order valence-electron chi connectivity index (χ4n) is 3.98. The Labute approximate surface area is 210 Å². The van der Waals surface area contributed by atoms with Crippen molar-refractivity contribution in [3.05, 3.63) is 41.5 Å². The standard InChI is InChI=1S/C27H43N3O5/c1-10-20(15-17(3)26(33)34)30(8)25(32)23(27(5,6)11-2)29-24(31)22(28-7)18(4)19-13-12-14-21(16-19)35-9/h12-16,18,20,22-23,28H,10-11H2,1-9H3,(H,29,31)(H,33,34)/b17-15+/t18?,20-,22?,23?/m0/s1. The summed E-state index contributed by atoms with van der Waals surface area (Å²) in [6.07, 6.45) is 2.79. The lowest BCUT2D eigenvalue weighted by Gasteiger charge is -2.38. The number of ether oxygens (including phenoxy) is 1. The minimum Gasteiger partial charge on any atom is -0.497 e. The molecule has 1 aromatic rings. The maximum Gasteiger partial charge on any atom is 0.331 e. The van der Waals surface area contributed by atoms with Crippen LogP contribution in [0.1, 0.15) is 65.9 Å². The van der Waals surface area contributed by atoms with E-state index in [1.54, 1.807) is 27.3 Å². The monoisotopic (exact) mass is 489 g/mol. The van der Waals surface area contributed by atoms with Crippen molar-refractivity contribution < 1.29 is 24.2 Å². The third-order valence-electron chi connectivity index (χ3n) is 6.98. The van der Waals surface area contributed by atoms with E-state index in [-0.39, 0.29) is 23.3 Å². The van der Waals surface area contributed by atoms with E-state index in [9.17, 15) is 19.5 Å². The number of carboxylic acids is 1. The SMILES string of the molecule is CC[C@@H](/C=C(\C)C(=O)O)N(C)C(=O)C(NC(=O)C(NC)C(C)c1cccc(OC)c1)C(C)(C)CC. The van der Waals surface area contributed by atoms with Gasteiger partial charge in [-0.25, -0.2) is 4.79 Å². The summed E-state index contributed by atoms with van der Waals surface area (Å²) in [7, 11) is 4.98. The molecular weight excluding hydrogens is 446 g/mol. The number of carbonyl (C=O) groups is 3. The summed E-state index contributed by atoms with van der Waals surface area (Å²) in [6.45, 7) is 11.2. The van der Waals surface area contributed by atoms with Crippen LogP contribution in [0.5, 0.6) is 5.75 Å². The van der Waals surface area contributed by atoms with Gasteiger partial charge in [0.1, 0.15) is 11.8 Å². The fourth-order valence-corrected chi connectivity index (χ4v) is 3.98. The van der Waals surface area contributed by atoms with Crippen LogP contribution >= 0.6 is 0 Å². The first-order valence-electron chi connectivity index (χ1n) is 12.1. The molecule has 0 heterocycles. The van der Waals surface area contributed by atoms with Gasteiger partial charge in [-0.05, 0) is 49.9 Å². The highest BCUT2D eigenvalue weighted by molar-refractivity contribution is 5.91. The van der Waals surface area contributed by atoms with Gasteiger partial charge in [0.15, 0.2) is 0 Å². The Morgan fingerprint density at radius 2 is 1.86 bits per heavy atom. The highest BCUT2D eigenvalue weighted by Gasteiger charge is 2.39. The fraction of sp³-hybridized carbons (Fsp3) is 0.593. The Balaban J connectivity index is 3.25. The molecule has 3 N–H and O–H groups in total. The van der Waals surface area contributed by atoms with Crippen LogP contribution in [0, 0.1) is 5.41 Å². The molecule has 0 fully saturated rings. The number of carboxylic acid groups (broad SMARTS) is 1. The Kier molecular flexibility index (Phi) is 11.4. The van der Waals surface area contributed by atoms with Gasteiger partial charge in [-0.1, -0.05) is 52.8 Å². The summed E-state index contributed by atoms with van der Waals surface area (Å²) in [5, 5.41) is 15.4. The lowest BCUT2D eigenvalue weighted by molar-refractivity contribution is -0.140. The van der Waals surface area contributed by atoms with Crippen molar-refractivity contribution in [1.82, 2.24) is 15.5 Å². The van der Waals surface area contributed by atoms with E-state index in [4.69, 9.17) is 4.74 Å². The molecule has 0 saturated heterocycles. The number of benzene rings is 1. The predicted octanol–water partition coefficient (Wildman–Crippen LogP) is 3.58. The Bertz CT molecular complexity index is 912. The van der Waals surface area contributed by atoms with Gasteiger partial charge in [0.2, 0.25) is 11.8 Å². The first-order chi connectivity index (χ1) is 16.3. The first kappa shape index (κ1) is 30.2. The Morgan fingerprint density at radius 3 is 2.34 bits per heavy atom. The molecule has 0 radical (unpaired) electrons. The van der Waals surface area contributed by atoms with Crippen LogP contribution in [0.25, 0.3) is 0 Å². The number of hydrogen-bond acceptors (Lipinski definition) is 5. The summed E-state index contributed by atoms with van der Waals surface area (Å²) in [4.78, 5) is 40.0. The second-order valence-corrected chi connectivity index (χ2v) is 9.69. The quantitative estimate of drug-likeness (QED) is 0.366. The van der Waals surface area contributed by atoms with E-state index >= 15 is 0 Å². The average Bonchev–Trinajstić information content (AvgIpc) is 2.84. The van der Waals surface area contributed by atoms with Gasteiger partial charge in [-0.3, -0.25) is 9.59 Å². The van der Waals surface area contributed by atoms with Crippen molar-refractivity contribution in [2.24, 2.45) is 5.41 Å². The first-order valence-corrected chi connectivity index (χ1v) is 12.1. The van der Waals surface area contributed by atoms with Gasteiger partial charge in [-0.2, -0.15) is 0 Å².